The van der Waals surface area contributed by atoms with Crippen molar-refractivity contribution in [3.05, 3.63) is 46.1 Å². The fourth-order valence-electron chi connectivity index (χ4n) is 1.62. The van der Waals surface area contributed by atoms with Crippen molar-refractivity contribution in [2.75, 3.05) is 14.1 Å². The summed E-state index contributed by atoms with van der Waals surface area (Å²) >= 11 is 0. The molecule has 0 N–H and O–H groups in total. The van der Waals surface area contributed by atoms with Gasteiger partial charge >= 0.3 is 0 Å². The highest BCUT2D eigenvalue weighted by Gasteiger charge is 2.12. The Morgan fingerprint density at radius 2 is 2.10 bits per heavy atom. The molecule has 1 aromatic heterocycles. The van der Waals surface area contributed by atoms with E-state index in [9.17, 15) is 10.1 Å². The molecule has 1 aromatic carbocycles. The Balaban J connectivity index is 2.46. The van der Waals surface area contributed by atoms with Gasteiger partial charge in [0.25, 0.3) is 5.69 Å². The van der Waals surface area contributed by atoms with E-state index in [4.69, 9.17) is 5.26 Å². The Bertz CT molecular complexity index is 724. The smallest absolute Gasteiger partial charge is 0.269 e. The van der Waals surface area contributed by atoms with Crippen molar-refractivity contribution in [1.29, 1.82) is 5.26 Å². The van der Waals surface area contributed by atoms with Crippen LogP contribution in [0, 0.1) is 21.4 Å². The number of benzene rings is 1. The number of nitro groups is 1. The molecule has 0 amide bonds. The summed E-state index contributed by atoms with van der Waals surface area (Å²) in [7, 11) is 3.62. The third-order valence-electron chi connectivity index (χ3n) is 2.58. The SMILES string of the molecule is CN(C)/C=N/c1c(C#N)cnn1-c1ccc([N+](=O)[O-])cc1. The second-order valence-electron chi connectivity index (χ2n) is 4.39. The summed E-state index contributed by atoms with van der Waals surface area (Å²) < 4.78 is 1.46. The topological polar surface area (TPSA) is 100 Å². The fraction of sp³-hybridized carbons (Fsp3) is 0.154. The fourth-order valence-corrected chi connectivity index (χ4v) is 1.62. The van der Waals surface area contributed by atoms with Gasteiger partial charge in [0.2, 0.25) is 0 Å². The standard InChI is InChI=1S/C13H12N6O2/c1-17(2)9-15-13-10(7-14)8-16-18(13)11-3-5-12(6-4-11)19(20)21/h3-6,8-9H,1-2H3/b15-9+. The van der Waals surface area contributed by atoms with Crippen molar-refractivity contribution in [1.82, 2.24) is 14.7 Å². The predicted molar refractivity (Wildman–Crippen MR) is 76.8 cm³/mol. The lowest BCUT2D eigenvalue weighted by Gasteiger charge is -2.06. The molecular formula is C13H12N6O2. The molecular weight excluding hydrogens is 272 g/mol. The van der Waals surface area contributed by atoms with Gasteiger partial charge in [-0.1, -0.05) is 0 Å². The second-order valence-corrected chi connectivity index (χ2v) is 4.39. The van der Waals surface area contributed by atoms with Crippen LogP contribution in [0.4, 0.5) is 11.5 Å². The van der Waals surface area contributed by atoms with Crippen LogP contribution in [0.3, 0.4) is 0 Å². The van der Waals surface area contributed by atoms with Crippen molar-refractivity contribution in [3.63, 3.8) is 0 Å². The molecule has 2 rings (SSSR count). The van der Waals surface area contributed by atoms with Crippen LogP contribution in [-0.2, 0) is 0 Å². The number of nitrogens with zero attached hydrogens (tertiary/aromatic N) is 6. The molecule has 0 unspecified atom stereocenters. The van der Waals surface area contributed by atoms with E-state index in [1.54, 1.807) is 23.4 Å². The first kappa shape index (κ1) is 14.2. The Kier molecular flexibility index (Phi) is 3.95. The van der Waals surface area contributed by atoms with E-state index in [-0.39, 0.29) is 5.69 Å². The van der Waals surface area contributed by atoms with Crippen molar-refractivity contribution in [2.45, 2.75) is 0 Å². The molecule has 0 saturated heterocycles. The van der Waals surface area contributed by atoms with Crippen LogP contribution in [0.15, 0.2) is 35.5 Å². The molecule has 2 aromatic rings. The number of nitriles is 1. The van der Waals surface area contributed by atoms with Crippen molar-refractivity contribution in [2.24, 2.45) is 4.99 Å². The highest BCUT2D eigenvalue weighted by Crippen LogP contribution is 2.23. The number of hydrogen-bond donors (Lipinski definition) is 0. The molecule has 106 valence electrons. The molecule has 21 heavy (non-hydrogen) atoms. The summed E-state index contributed by atoms with van der Waals surface area (Å²) in [6.07, 6.45) is 2.96. The molecule has 1 heterocycles. The number of aliphatic imine (C=N–C) groups is 1. The van der Waals surface area contributed by atoms with Gasteiger partial charge in [0.1, 0.15) is 11.6 Å². The number of non-ortho nitro benzene ring substituents is 1. The second kappa shape index (κ2) is 5.83. The van der Waals surface area contributed by atoms with E-state index in [0.29, 0.717) is 17.1 Å². The number of rotatable bonds is 4. The van der Waals surface area contributed by atoms with Crippen molar-refractivity contribution >= 4 is 17.8 Å². The lowest BCUT2D eigenvalue weighted by atomic mass is 10.3. The molecule has 0 aliphatic heterocycles. The first-order valence-corrected chi connectivity index (χ1v) is 5.96. The zero-order valence-electron chi connectivity index (χ0n) is 11.5. The minimum Gasteiger partial charge on any atom is -0.369 e. The van der Waals surface area contributed by atoms with E-state index in [1.807, 2.05) is 20.2 Å². The van der Waals surface area contributed by atoms with Gasteiger partial charge in [0.05, 0.1) is 23.1 Å². The van der Waals surface area contributed by atoms with Gasteiger partial charge in [-0.15, -0.1) is 0 Å². The molecule has 0 fully saturated rings. The van der Waals surface area contributed by atoms with Crippen molar-refractivity contribution < 1.29 is 4.92 Å². The van der Waals surface area contributed by atoms with Crippen LogP contribution in [0.2, 0.25) is 0 Å². The van der Waals surface area contributed by atoms with E-state index >= 15 is 0 Å². The lowest BCUT2D eigenvalue weighted by molar-refractivity contribution is -0.384. The third-order valence-corrected chi connectivity index (χ3v) is 2.58. The number of nitro benzene ring substituents is 1. The van der Waals surface area contributed by atoms with E-state index in [1.165, 1.54) is 23.0 Å². The number of aromatic nitrogens is 2. The molecule has 0 aliphatic rings. The molecule has 0 spiro atoms. The van der Waals surface area contributed by atoms with Crippen LogP contribution in [0.1, 0.15) is 5.56 Å². The zero-order valence-corrected chi connectivity index (χ0v) is 11.5. The first-order chi connectivity index (χ1) is 10.0. The van der Waals surface area contributed by atoms with Gasteiger partial charge in [-0.25, -0.2) is 9.67 Å². The summed E-state index contributed by atoms with van der Waals surface area (Å²) in [5.74, 6) is 0.375. The van der Waals surface area contributed by atoms with Crippen molar-refractivity contribution in [3.8, 4) is 11.8 Å². The van der Waals surface area contributed by atoms with Crippen LogP contribution < -0.4 is 0 Å². The van der Waals surface area contributed by atoms with Crippen LogP contribution in [0.25, 0.3) is 5.69 Å². The highest BCUT2D eigenvalue weighted by atomic mass is 16.6. The Morgan fingerprint density at radius 1 is 1.43 bits per heavy atom. The van der Waals surface area contributed by atoms with E-state index in [2.05, 4.69) is 10.1 Å². The molecule has 0 atom stereocenters. The molecule has 8 heteroatoms. The summed E-state index contributed by atoms with van der Waals surface area (Å²) in [6.45, 7) is 0. The lowest BCUT2D eigenvalue weighted by Crippen LogP contribution is -2.07. The van der Waals surface area contributed by atoms with E-state index in [0.717, 1.165) is 0 Å². The quantitative estimate of drug-likeness (QED) is 0.369. The maximum Gasteiger partial charge on any atom is 0.269 e. The summed E-state index contributed by atoms with van der Waals surface area (Å²) in [4.78, 5) is 16.1. The van der Waals surface area contributed by atoms with Gasteiger partial charge in [-0.05, 0) is 12.1 Å². The van der Waals surface area contributed by atoms with Crippen LogP contribution in [-0.4, -0.2) is 40.0 Å². The van der Waals surface area contributed by atoms with Gasteiger partial charge < -0.3 is 4.90 Å². The molecule has 0 bridgehead atoms. The summed E-state index contributed by atoms with van der Waals surface area (Å²) in [5, 5.41) is 23.8. The minimum atomic E-state index is -0.474. The zero-order chi connectivity index (χ0) is 15.4. The number of hydrogen-bond acceptors (Lipinski definition) is 5. The highest BCUT2D eigenvalue weighted by molar-refractivity contribution is 5.64. The maximum atomic E-state index is 10.7. The summed E-state index contributed by atoms with van der Waals surface area (Å²) in [6, 6.07) is 7.88. The third kappa shape index (κ3) is 3.03. The van der Waals surface area contributed by atoms with Gasteiger partial charge in [0, 0.05) is 26.2 Å². The largest absolute Gasteiger partial charge is 0.369 e. The average Bonchev–Trinajstić information content (AvgIpc) is 2.88. The molecule has 0 aliphatic carbocycles. The van der Waals surface area contributed by atoms with Crippen LogP contribution in [0.5, 0.6) is 0 Å². The normalized spacial score (nSPS) is 10.5. The Hall–Kier alpha value is -3.21. The van der Waals surface area contributed by atoms with Gasteiger partial charge in [0.15, 0.2) is 5.82 Å². The van der Waals surface area contributed by atoms with Gasteiger partial charge in [-0.2, -0.15) is 10.4 Å². The Labute approximate surface area is 120 Å². The minimum absolute atomic E-state index is 0.00949. The first-order valence-electron chi connectivity index (χ1n) is 5.96. The van der Waals surface area contributed by atoms with Crippen LogP contribution >= 0.6 is 0 Å². The molecule has 0 radical (unpaired) electrons. The monoisotopic (exact) mass is 284 g/mol. The predicted octanol–water partition coefficient (Wildman–Crippen LogP) is 1.87. The molecule has 0 saturated carbocycles. The van der Waals surface area contributed by atoms with Gasteiger partial charge in [-0.3, -0.25) is 10.1 Å². The average molecular weight is 284 g/mol. The Morgan fingerprint density at radius 3 is 2.62 bits per heavy atom. The van der Waals surface area contributed by atoms with E-state index < -0.39 is 4.92 Å². The molecule has 8 nitrogen and oxygen atoms in total. The maximum absolute atomic E-state index is 10.7. The summed E-state index contributed by atoms with van der Waals surface area (Å²) in [5.41, 5.74) is 0.907.